The number of ether oxygens (including phenoxy) is 1. The maximum absolute atomic E-state index is 13.3. The number of fused-ring (bicyclic) bond motifs is 1. The van der Waals surface area contributed by atoms with E-state index in [1.54, 1.807) is 12.1 Å². The zero-order valence-corrected chi connectivity index (χ0v) is 13.6. The van der Waals surface area contributed by atoms with E-state index in [2.05, 4.69) is 4.72 Å². The number of anilines is 1. The Labute approximate surface area is 135 Å². The van der Waals surface area contributed by atoms with Crippen molar-refractivity contribution in [1.29, 1.82) is 0 Å². The molecule has 0 spiro atoms. The third kappa shape index (κ3) is 3.32. The van der Waals surface area contributed by atoms with Crippen LogP contribution in [0.1, 0.15) is 24.0 Å². The Hall–Kier alpha value is -2.08. The number of rotatable bonds is 4. The second kappa shape index (κ2) is 6.20. The van der Waals surface area contributed by atoms with Gasteiger partial charge in [0.2, 0.25) is 0 Å². The Bertz CT molecular complexity index is 834. The molecule has 1 N–H and O–H groups in total. The van der Waals surface area contributed by atoms with Crippen molar-refractivity contribution < 1.29 is 17.5 Å². The summed E-state index contributed by atoms with van der Waals surface area (Å²) < 4.78 is 46.3. The number of benzene rings is 2. The molecule has 0 unspecified atom stereocenters. The Morgan fingerprint density at radius 2 is 1.78 bits per heavy atom. The van der Waals surface area contributed by atoms with Crippen molar-refractivity contribution in [3.63, 3.8) is 0 Å². The molecule has 2 aromatic rings. The Balaban J connectivity index is 2.01. The van der Waals surface area contributed by atoms with Crippen molar-refractivity contribution in [3.8, 4) is 5.75 Å². The summed E-state index contributed by atoms with van der Waals surface area (Å²) >= 11 is 0. The monoisotopic (exact) mass is 335 g/mol. The summed E-state index contributed by atoms with van der Waals surface area (Å²) in [6.07, 6.45) is 3.95. The van der Waals surface area contributed by atoms with Gasteiger partial charge in [-0.15, -0.1) is 0 Å². The van der Waals surface area contributed by atoms with E-state index in [-0.39, 0.29) is 10.6 Å². The fourth-order valence-electron chi connectivity index (χ4n) is 2.87. The van der Waals surface area contributed by atoms with E-state index in [4.69, 9.17) is 4.74 Å². The molecule has 0 saturated heterocycles. The fourth-order valence-corrected chi connectivity index (χ4v) is 4.12. The van der Waals surface area contributed by atoms with Crippen molar-refractivity contribution in [1.82, 2.24) is 0 Å². The summed E-state index contributed by atoms with van der Waals surface area (Å²) in [5, 5.41) is 0. The minimum absolute atomic E-state index is 0.0879. The van der Waals surface area contributed by atoms with Crippen LogP contribution in [0.5, 0.6) is 5.75 Å². The first-order valence-corrected chi connectivity index (χ1v) is 8.96. The van der Waals surface area contributed by atoms with Gasteiger partial charge in [0.05, 0.1) is 12.8 Å². The first kappa shape index (κ1) is 15.8. The Kier molecular flexibility index (Phi) is 4.26. The predicted octanol–water partition coefficient (Wildman–Crippen LogP) is 3.51. The number of nitrogens with one attached hydrogen (secondary N) is 1. The van der Waals surface area contributed by atoms with E-state index in [0.717, 1.165) is 42.9 Å². The predicted molar refractivity (Wildman–Crippen MR) is 86.8 cm³/mol. The van der Waals surface area contributed by atoms with Crippen molar-refractivity contribution >= 4 is 15.7 Å². The highest BCUT2D eigenvalue weighted by atomic mass is 32.2. The molecule has 3 rings (SSSR count). The molecule has 122 valence electrons. The Morgan fingerprint density at radius 1 is 1.09 bits per heavy atom. The fraction of sp³-hybridized carbons (Fsp3) is 0.294. The summed E-state index contributed by atoms with van der Waals surface area (Å²) in [5.74, 6) is -0.183. The molecule has 0 saturated carbocycles. The molecule has 0 aromatic heterocycles. The second-order valence-electron chi connectivity index (χ2n) is 5.59. The molecule has 0 radical (unpaired) electrons. The van der Waals surface area contributed by atoms with Gasteiger partial charge in [0.25, 0.3) is 10.0 Å². The van der Waals surface area contributed by atoms with E-state index in [1.807, 2.05) is 0 Å². The molecule has 0 fully saturated rings. The third-order valence-electron chi connectivity index (χ3n) is 3.99. The molecule has 0 heterocycles. The molecule has 0 amide bonds. The van der Waals surface area contributed by atoms with Crippen LogP contribution in [0.2, 0.25) is 0 Å². The van der Waals surface area contributed by atoms with Crippen LogP contribution in [0, 0.1) is 5.82 Å². The van der Waals surface area contributed by atoms with Gasteiger partial charge in [0.15, 0.2) is 0 Å². The van der Waals surface area contributed by atoms with Crippen LogP contribution in [0.4, 0.5) is 10.1 Å². The molecule has 0 bridgehead atoms. The highest BCUT2D eigenvalue weighted by Gasteiger charge is 2.23. The quantitative estimate of drug-likeness (QED) is 0.930. The van der Waals surface area contributed by atoms with Crippen molar-refractivity contribution in [2.45, 2.75) is 30.6 Å². The van der Waals surface area contributed by atoms with E-state index in [1.165, 1.54) is 25.3 Å². The van der Waals surface area contributed by atoms with Gasteiger partial charge in [-0.3, -0.25) is 4.72 Å². The average Bonchev–Trinajstić information content (AvgIpc) is 2.53. The minimum Gasteiger partial charge on any atom is -0.495 e. The summed E-state index contributed by atoms with van der Waals surface area (Å²) in [6.45, 7) is 0. The maximum Gasteiger partial charge on any atom is 0.265 e. The molecule has 6 heteroatoms. The van der Waals surface area contributed by atoms with Crippen LogP contribution < -0.4 is 9.46 Å². The number of methoxy groups -OCH3 is 1. The zero-order chi connectivity index (χ0) is 16.4. The topological polar surface area (TPSA) is 55.4 Å². The van der Waals surface area contributed by atoms with E-state index < -0.39 is 15.8 Å². The molecule has 4 nitrogen and oxygen atoms in total. The van der Waals surface area contributed by atoms with Crippen LogP contribution in [0.25, 0.3) is 0 Å². The second-order valence-corrected chi connectivity index (χ2v) is 7.25. The lowest BCUT2D eigenvalue weighted by atomic mass is 9.92. The normalized spacial score (nSPS) is 14.2. The SMILES string of the molecule is COc1cc2c(cc1S(=O)(=O)Nc1cccc(F)c1)CCCC2. The standard InChI is InChI=1S/C17H18FNO3S/c1-22-16-9-12-5-2-3-6-13(12)10-17(16)23(20,21)19-15-8-4-7-14(18)11-15/h4,7-11,19H,2-3,5-6H2,1H3. The van der Waals surface area contributed by atoms with Crippen molar-refractivity contribution in [2.24, 2.45) is 0 Å². The number of hydrogen-bond donors (Lipinski definition) is 1. The molecular formula is C17H18FNO3S. The minimum atomic E-state index is -3.85. The molecule has 0 aliphatic heterocycles. The molecule has 1 aliphatic carbocycles. The van der Waals surface area contributed by atoms with Crippen LogP contribution in [0.3, 0.4) is 0 Å². The maximum atomic E-state index is 13.3. The highest BCUT2D eigenvalue weighted by molar-refractivity contribution is 7.92. The highest BCUT2D eigenvalue weighted by Crippen LogP contribution is 2.32. The van der Waals surface area contributed by atoms with Crippen LogP contribution in [0.15, 0.2) is 41.3 Å². The number of hydrogen-bond acceptors (Lipinski definition) is 3. The summed E-state index contributed by atoms with van der Waals surface area (Å²) in [7, 11) is -2.40. The van der Waals surface area contributed by atoms with Crippen LogP contribution in [-0.4, -0.2) is 15.5 Å². The number of aryl methyl sites for hydroxylation is 2. The van der Waals surface area contributed by atoms with Gasteiger partial charge in [-0.25, -0.2) is 12.8 Å². The van der Waals surface area contributed by atoms with Crippen molar-refractivity contribution in [2.75, 3.05) is 11.8 Å². The molecule has 23 heavy (non-hydrogen) atoms. The lowest BCUT2D eigenvalue weighted by Gasteiger charge is -2.19. The first-order chi connectivity index (χ1) is 11.0. The largest absolute Gasteiger partial charge is 0.495 e. The van der Waals surface area contributed by atoms with E-state index in [0.29, 0.717) is 5.75 Å². The van der Waals surface area contributed by atoms with Crippen molar-refractivity contribution in [3.05, 3.63) is 53.3 Å². The summed E-state index contributed by atoms with van der Waals surface area (Å²) in [4.78, 5) is 0.0879. The molecule has 1 aliphatic rings. The third-order valence-corrected chi connectivity index (χ3v) is 5.40. The van der Waals surface area contributed by atoms with Crippen LogP contribution in [-0.2, 0) is 22.9 Å². The average molecular weight is 335 g/mol. The van der Waals surface area contributed by atoms with Gasteiger partial charge in [-0.2, -0.15) is 0 Å². The zero-order valence-electron chi connectivity index (χ0n) is 12.8. The lowest BCUT2D eigenvalue weighted by molar-refractivity contribution is 0.401. The van der Waals surface area contributed by atoms with Gasteiger partial charge in [0, 0.05) is 0 Å². The van der Waals surface area contributed by atoms with E-state index >= 15 is 0 Å². The van der Waals surface area contributed by atoms with Gasteiger partial charge < -0.3 is 4.74 Å². The smallest absolute Gasteiger partial charge is 0.265 e. The first-order valence-electron chi connectivity index (χ1n) is 7.48. The molecular weight excluding hydrogens is 317 g/mol. The molecule has 0 atom stereocenters. The van der Waals surface area contributed by atoms with Gasteiger partial charge >= 0.3 is 0 Å². The van der Waals surface area contributed by atoms with Crippen LogP contribution >= 0.6 is 0 Å². The number of halogens is 1. The summed E-state index contributed by atoms with van der Waals surface area (Å²) in [5.41, 5.74) is 2.36. The number of sulfonamides is 1. The van der Waals surface area contributed by atoms with E-state index in [9.17, 15) is 12.8 Å². The Morgan fingerprint density at radius 3 is 2.43 bits per heavy atom. The van der Waals surface area contributed by atoms with Gasteiger partial charge in [-0.05, 0) is 67.1 Å². The van der Waals surface area contributed by atoms with Gasteiger partial charge in [0.1, 0.15) is 16.5 Å². The molecule has 2 aromatic carbocycles. The lowest BCUT2D eigenvalue weighted by Crippen LogP contribution is -2.16. The summed E-state index contributed by atoms with van der Waals surface area (Å²) in [6, 6.07) is 8.84. The van der Waals surface area contributed by atoms with Gasteiger partial charge in [-0.1, -0.05) is 6.07 Å².